The Hall–Kier alpha value is -1.81. The molecule has 1 unspecified atom stereocenters. The van der Waals surface area contributed by atoms with Gasteiger partial charge in [0, 0.05) is 4.47 Å². The summed E-state index contributed by atoms with van der Waals surface area (Å²) < 4.78 is 12.4. The Balaban J connectivity index is 1.91. The van der Waals surface area contributed by atoms with Gasteiger partial charge in [-0.1, -0.05) is 28.1 Å². The molecule has 0 bridgehead atoms. The Kier molecular flexibility index (Phi) is 3.97. The number of hydrogen-bond donors (Lipinski definition) is 0. The van der Waals surface area contributed by atoms with Crippen LogP contribution in [0.15, 0.2) is 46.9 Å². The predicted molar refractivity (Wildman–Crippen MR) is 84.1 cm³/mol. The Morgan fingerprint density at radius 3 is 2.95 bits per heavy atom. The Labute approximate surface area is 132 Å². The van der Waals surface area contributed by atoms with Crippen molar-refractivity contribution in [2.24, 2.45) is 0 Å². The van der Waals surface area contributed by atoms with Crippen molar-refractivity contribution < 1.29 is 14.3 Å². The van der Waals surface area contributed by atoms with Crippen LogP contribution < -0.4 is 9.47 Å². The fourth-order valence-electron chi connectivity index (χ4n) is 2.45. The van der Waals surface area contributed by atoms with Gasteiger partial charge in [-0.3, -0.25) is 4.79 Å². The van der Waals surface area contributed by atoms with Crippen LogP contribution in [0.2, 0.25) is 0 Å². The third-order valence-electron chi connectivity index (χ3n) is 3.42. The molecule has 2 aromatic rings. The van der Waals surface area contributed by atoms with Crippen molar-refractivity contribution >= 4 is 21.7 Å². The van der Waals surface area contributed by atoms with Gasteiger partial charge >= 0.3 is 0 Å². The number of benzene rings is 2. The van der Waals surface area contributed by atoms with E-state index in [1.165, 1.54) is 0 Å². The van der Waals surface area contributed by atoms with Crippen molar-refractivity contribution in [1.29, 1.82) is 0 Å². The minimum absolute atomic E-state index is 0.107. The maximum Gasteiger partial charge on any atom is 0.170 e. The van der Waals surface area contributed by atoms with E-state index in [9.17, 15) is 4.79 Å². The van der Waals surface area contributed by atoms with Gasteiger partial charge in [0.05, 0.1) is 18.6 Å². The van der Waals surface area contributed by atoms with Crippen LogP contribution >= 0.6 is 15.9 Å². The van der Waals surface area contributed by atoms with E-state index in [0.717, 1.165) is 15.8 Å². The fraction of sp³-hybridized carbons (Fsp3) is 0.235. The average Bonchev–Trinajstić information content (AvgIpc) is 2.47. The number of carbonyl (C=O) groups is 1. The number of rotatable bonds is 3. The molecule has 21 heavy (non-hydrogen) atoms. The lowest BCUT2D eigenvalue weighted by Gasteiger charge is -2.26. The second kappa shape index (κ2) is 5.90. The van der Waals surface area contributed by atoms with Crippen molar-refractivity contribution in [3.05, 3.63) is 58.1 Å². The van der Waals surface area contributed by atoms with Crippen molar-refractivity contribution in [2.75, 3.05) is 6.61 Å². The number of fused-ring (bicyclic) bond motifs is 1. The smallest absolute Gasteiger partial charge is 0.170 e. The molecule has 108 valence electrons. The number of hydrogen-bond acceptors (Lipinski definition) is 3. The van der Waals surface area contributed by atoms with E-state index in [2.05, 4.69) is 15.9 Å². The zero-order valence-electron chi connectivity index (χ0n) is 11.6. The summed E-state index contributed by atoms with van der Waals surface area (Å²) in [7, 11) is 0. The van der Waals surface area contributed by atoms with E-state index in [-0.39, 0.29) is 11.9 Å². The van der Waals surface area contributed by atoms with E-state index >= 15 is 0 Å². The number of carbonyl (C=O) groups excluding carboxylic acids is 1. The first kappa shape index (κ1) is 14.1. The Bertz CT molecular complexity index is 681. The molecule has 0 fully saturated rings. The second-order valence-electron chi connectivity index (χ2n) is 4.88. The van der Waals surface area contributed by atoms with Crippen molar-refractivity contribution in [2.45, 2.75) is 19.4 Å². The average molecular weight is 347 g/mol. The summed E-state index contributed by atoms with van der Waals surface area (Å²) in [6.45, 7) is 2.56. The number of halogens is 1. The van der Waals surface area contributed by atoms with Crippen molar-refractivity contribution in [3.63, 3.8) is 0 Å². The molecule has 0 saturated heterocycles. The molecule has 0 radical (unpaired) electrons. The minimum Gasteiger partial charge on any atom is -0.494 e. The molecule has 1 atom stereocenters. The zero-order valence-corrected chi connectivity index (χ0v) is 13.2. The SMILES string of the molecule is CCOc1cccc(C2CC(=O)c3ccc(Br)cc3O2)c1. The molecule has 0 amide bonds. The highest BCUT2D eigenvalue weighted by molar-refractivity contribution is 9.10. The standard InChI is InChI=1S/C17H15BrO3/c1-2-20-13-5-3-4-11(8-13)16-10-15(19)14-7-6-12(18)9-17(14)21-16/h3-9,16H,2,10H2,1H3. The molecule has 0 aliphatic carbocycles. The number of Topliss-reactive ketones (excluding diaryl/α,β-unsaturated/α-hetero) is 1. The summed E-state index contributed by atoms with van der Waals surface area (Å²) >= 11 is 3.41. The molecule has 0 aromatic heterocycles. The molecule has 0 N–H and O–H groups in total. The fourth-order valence-corrected chi connectivity index (χ4v) is 2.79. The van der Waals surface area contributed by atoms with Gasteiger partial charge in [-0.15, -0.1) is 0 Å². The Morgan fingerprint density at radius 2 is 2.14 bits per heavy atom. The molecule has 1 aliphatic rings. The van der Waals surface area contributed by atoms with E-state index in [1.54, 1.807) is 6.07 Å². The normalized spacial score (nSPS) is 17.0. The molecular formula is C17H15BrO3. The predicted octanol–water partition coefficient (Wildman–Crippen LogP) is 4.55. The third kappa shape index (κ3) is 2.95. The van der Waals surface area contributed by atoms with Crippen LogP contribution in [-0.4, -0.2) is 12.4 Å². The first-order valence-electron chi connectivity index (χ1n) is 6.89. The molecule has 0 saturated carbocycles. The lowest BCUT2D eigenvalue weighted by Crippen LogP contribution is -2.20. The van der Waals surface area contributed by atoms with Crippen LogP contribution in [0.3, 0.4) is 0 Å². The summed E-state index contributed by atoms with van der Waals surface area (Å²) in [5.41, 5.74) is 1.61. The third-order valence-corrected chi connectivity index (χ3v) is 3.92. The molecule has 2 aromatic carbocycles. The van der Waals surface area contributed by atoms with Gasteiger partial charge in [-0.25, -0.2) is 0 Å². The van der Waals surface area contributed by atoms with E-state index in [1.807, 2.05) is 43.3 Å². The molecule has 3 nitrogen and oxygen atoms in total. The number of ketones is 1. The maximum atomic E-state index is 12.3. The minimum atomic E-state index is -0.264. The van der Waals surface area contributed by atoms with E-state index in [0.29, 0.717) is 24.3 Å². The maximum absolute atomic E-state index is 12.3. The van der Waals surface area contributed by atoms with Crippen LogP contribution in [0, 0.1) is 0 Å². The highest BCUT2D eigenvalue weighted by Gasteiger charge is 2.27. The summed E-state index contributed by atoms with van der Waals surface area (Å²) in [5.74, 6) is 1.54. The molecule has 3 rings (SSSR count). The van der Waals surface area contributed by atoms with Crippen LogP contribution in [-0.2, 0) is 0 Å². The first-order chi connectivity index (χ1) is 10.2. The molecule has 1 heterocycles. The summed E-state index contributed by atoms with van der Waals surface area (Å²) in [6, 6.07) is 13.2. The molecule has 0 spiro atoms. The van der Waals surface area contributed by atoms with Crippen molar-refractivity contribution in [3.8, 4) is 11.5 Å². The Morgan fingerprint density at radius 1 is 1.29 bits per heavy atom. The van der Waals surface area contributed by atoms with Crippen LogP contribution in [0.4, 0.5) is 0 Å². The highest BCUT2D eigenvalue weighted by atomic mass is 79.9. The lowest BCUT2D eigenvalue weighted by molar-refractivity contribution is 0.0849. The quantitative estimate of drug-likeness (QED) is 0.817. The highest BCUT2D eigenvalue weighted by Crippen LogP contribution is 2.37. The number of ether oxygens (including phenoxy) is 2. The molecule has 1 aliphatic heterocycles. The van der Waals surface area contributed by atoms with E-state index < -0.39 is 0 Å². The van der Waals surface area contributed by atoms with Gasteiger partial charge < -0.3 is 9.47 Å². The lowest BCUT2D eigenvalue weighted by atomic mass is 9.96. The van der Waals surface area contributed by atoms with E-state index in [4.69, 9.17) is 9.47 Å². The van der Waals surface area contributed by atoms with Gasteiger partial charge in [-0.2, -0.15) is 0 Å². The first-order valence-corrected chi connectivity index (χ1v) is 7.69. The van der Waals surface area contributed by atoms with Gasteiger partial charge in [0.1, 0.15) is 17.6 Å². The largest absolute Gasteiger partial charge is 0.494 e. The zero-order chi connectivity index (χ0) is 14.8. The monoisotopic (exact) mass is 346 g/mol. The van der Waals surface area contributed by atoms with Crippen molar-refractivity contribution in [1.82, 2.24) is 0 Å². The van der Waals surface area contributed by atoms with Crippen LogP contribution in [0.1, 0.15) is 35.4 Å². The van der Waals surface area contributed by atoms with Gasteiger partial charge in [0.15, 0.2) is 5.78 Å². The van der Waals surface area contributed by atoms with Gasteiger partial charge in [-0.05, 0) is 42.8 Å². The summed E-state index contributed by atoms with van der Waals surface area (Å²) in [4.78, 5) is 12.3. The summed E-state index contributed by atoms with van der Waals surface area (Å²) in [6.07, 6.45) is 0.0872. The van der Waals surface area contributed by atoms with Crippen LogP contribution in [0.5, 0.6) is 11.5 Å². The van der Waals surface area contributed by atoms with Gasteiger partial charge in [0.25, 0.3) is 0 Å². The summed E-state index contributed by atoms with van der Waals surface area (Å²) in [5, 5.41) is 0. The molecule has 4 heteroatoms. The molecular weight excluding hydrogens is 332 g/mol. The second-order valence-corrected chi connectivity index (χ2v) is 5.80. The van der Waals surface area contributed by atoms with Gasteiger partial charge in [0.2, 0.25) is 0 Å². The topological polar surface area (TPSA) is 35.5 Å². The van der Waals surface area contributed by atoms with Crippen LogP contribution in [0.25, 0.3) is 0 Å².